The minimum Gasteiger partial charge on any atom is -0.438 e. The molecule has 0 atom stereocenters. The van der Waals surface area contributed by atoms with Crippen LogP contribution >= 0.6 is 0 Å². The van der Waals surface area contributed by atoms with Gasteiger partial charge in [-0.3, -0.25) is 9.36 Å². The van der Waals surface area contributed by atoms with Gasteiger partial charge in [0.05, 0.1) is 16.6 Å². The normalized spacial score (nSPS) is 12.2. The van der Waals surface area contributed by atoms with Gasteiger partial charge in [-0.1, -0.05) is 89.6 Å². The van der Waals surface area contributed by atoms with E-state index in [4.69, 9.17) is 24.2 Å². The Morgan fingerprint density at radius 1 is 0.773 bits per heavy atom. The molecule has 3 aromatic carbocycles. The molecule has 0 spiro atoms. The van der Waals surface area contributed by atoms with E-state index < -0.39 is 0 Å². The third-order valence-corrected chi connectivity index (χ3v) is 7.95. The molecule has 4 aromatic heterocycles. The van der Waals surface area contributed by atoms with Gasteiger partial charge in [0.15, 0.2) is 11.4 Å². The third kappa shape index (κ3) is 4.03. The van der Waals surface area contributed by atoms with Crippen LogP contribution in [0.15, 0.2) is 94.2 Å². The zero-order chi connectivity index (χ0) is 29.9. The lowest BCUT2D eigenvalue weighted by molar-refractivity contribution is 0.408. The van der Waals surface area contributed by atoms with E-state index in [2.05, 4.69) is 17.3 Å². The maximum Gasteiger partial charge on any atom is 0.270 e. The number of rotatable bonds is 4. The molecule has 7 aromatic rings. The summed E-state index contributed by atoms with van der Waals surface area (Å²) >= 11 is 0. The lowest BCUT2D eigenvalue weighted by Crippen LogP contribution is -2.24. The molecule has 0 N–H and O–H groups in total. The summed E-state index contributed by atoms with van der Waals surface area (Å²) < 4.78 is 13.5. The predicted octanol–water partition coefficient (Wildman–Crippen LogP) is 7.85. The Bertz CT molecular complexity index is 2350. The van der Waals surface area contributed by atoms with Crippen LogP contribution in [0.5, 0.6) is 11.6 Å². The van der Waals surface area contributed by atoms with Gasteiger partial charge in [-0.25, -0.2) is 9.97 Å². The smallest absolute Gasteiger partial charge is 0.270 e. The molecule has 1 aliphatic rings. The number of nitrogens with zero attached hydrogens (tertiary/aromatic N) is 5. The number of benzene rings is 3. The monoisotopic (exact) mass is 575 g/mol. The molecule has 0 aliphatic carbocycles. The Hall–Kier alpha value is -5.89. The van der Waals surface area contributed by atoms with Crippen LogP contribution in [0.1, 0.15) is 28.4 Å². The highest BCUT2D eigenvalue weighted by Crippen LogP contribution is 2.47. The Morgan fingerprint density at radius 3 is 2.36 bits per heavy atom. The number of para-hydroxylation sites is 1. The first-order valence-corrected chi connectivity index (χ1v) is 14.3. The number of aromatic nitrogens is 5. The summed E-state index contributed by atoms with van der Waals surface area (Å²) in [7, 11) is 0. The van der Waals surface area contributed by atoms with Crippen LogP contribution in [0.2, 0.25) is 0 Å². The van der Waals surface area contributed by atoms with Crippen molar-refractivity contribution in [2.75, 3.05) is 0 Å². The number of pyridine rings is 2. The summed E-state index contributed by atoms with van der Waals surface area (Å²) in [6.07, 6.45) is 3.74. The number of fused-ring (bicyclic) bond motifs is 4. The molecule has 8 rings (SSSR count). The highest BCUT2D eigenvalue weighted by atomic mass is 16.5. The molecule has 0 saturated carbocycles. The van der Waals surface area contributed by atoms with Crippen LogP contribution in [-0.4, -0.2) is 24.7 Å². The second-order valence-corrected chi connectivity index (χ2v) is 10.9. The van der Waals surface area contributed by atoms with Gasteiger partial charge in [0, 0.05) is 16.7 Å². The third-order valence-electron chi connectivity index (χ3n) is 7.95. The molecule has 0 unspecified atom stereocenters. The number of aryl methyl sites for hydroxylation is 3. The summed E-state index contributed by atoms with van der Waals surface area (Å²) in [6, 6.07) is 27.9. The molecule has 0 amide bonds. The van der Waals surface area contributed by atoms with Gasteiger partial charge >= 0.3 is 0 Å². The quantitative estimate of drug-likeness (QED) is 0.197. The van der Waals surface area contributed by atoms with Gasteiger partial charge in [-0.15, -0.1) is 0 Å². The summed E-state index contributed by atoms with van der Waals surface area (Å²) in [6.45, 7) is 5.63. The van der Waals surface area contributed by atoms with Crippen LogP contribution in [0.3, 0.4) is 0 Å². The molecule has 8 heteroatoms. The lowest BCUT2D eigenvalue weighted by Gasteiger charge is -2.22. The van der Waals surface area contributed by atoms with E-state index in [1.807, 2.05) is 98.8 Å². The molecule has 8 nitrogen and oxygen atoms in total. The minimum atomic E-state index is -0.314. The van der Waals surface area contributed by atoms with Gasteiger partial charge in [-0.2, -0.15) is 4.98 Å². The minimum absolute atomic E-state index is 0.264. The number of hydrogen-bond donors (Lipinski definition) is 0. The molecule has 5 heterocycles. The van der Waals surface area contributed by atoms with Crippen LogP contribution < -0.4 is 10.3 Å². The Kier molecular flexibility index (Phi) is 5.77. The topological polar surface area (TPSA) is 95.9 Å². The second kappa shape index (κ2) is 9.84. The van der Waals surface area contributed by atoms with Crippen LogP contribution in [0, 0.1) is 20.8 Å². The van der Waals surface area contributed by atoms with E-state index in [9.17, 15) is 4.79 Å². The predicted molar refractivity (Wildman–Crippen MR) is 171 cm³/mol. The van der Waals surface area contributed by atoms with Crippen molar-refractivity contribution in [1.29, 1.82) is 0 Å². The van der Waals surface area contributed by atoms with E-state index in [-0.39, 0.29) is 11.2 Å². The fourth-order valence-electron chi connectivity index (χ4n) is 5.80. The highest BCUT2D eigenvalue weighted by molar-refractivity contribution is 6.12. The average molecular weight is 576 g/mol. The molecular weight excluding hydrogens is 550 g/mol. The van der Waals surface area contributed by atoms with Gasteiger partial charge in [0.2, 0.25) is 5.88 Å². The molecule has 0 bridgehead atoms. The Labute approximate surface area is 251 Å². The van der Waals surface area contributed by atoms with E-state index >= 15 is 0 Å². The van der Waals surface area contributed by atoms with Crippen LogP contribution in [-0.2, 0) is 0 Å². The first-order valence-electron chi connectivity index (χ1n) is 14.3. The van der Waals surface area contributed by atoms with Crippen molar-refractivity contribution >= 4 is 34.1 Å². The zero-order valence-corrected chi connectivity index (χ0v) is 24.2. The summed E-state index contributed by atoms with van der Waals surface area (Å²) in [5.41, 5.74) is 7.14. The van der Waals surface area contributed by atoms with Gasteiger partial charge in [-0.05, 0) is 44.5 Å². The fourth-order valence-corrected chi connectivity index (χ4v) is 5.80. The summed E-state index contributed by atoms with van der Waals surface area (Å²) in [5.74, 6) is 1.95. The molecule has 0 fully saturated rings. The van der Waals surface area contributed by atoms with E-state index in [0.717, 1.165) is 33.5 Å². The van der Waals surface area contributed by atoms with E-state index in [1.54, 1.807) is 11.5 Å². The van der Waals surface area contributed by atoms with Crippen molar-refractivity contribution in [3.63, 3.8) is 0 Å². The van der Waals surface area contributed by atoms with E-state index in [1.165, 1.54) is 0 Å². The molecule has 212 valence electrons. The number of hydrogen-bond acceptors (Lipinski definition) is 7. The SMILES string of the molecule is Cc1ccc(-c2cc3c4c(nc5nc(C)n(-c6c(C)noc6/C=C/c6ccccc6)c(=O)c5c4n2)Oc2ccccc2-3)cc1. The fraction of sp³-hybridized carbons (Fsp3) is 0.0833. The molecule has 44 heavy (non-hydrogen) atoms. The molecule has 1 aliphatic heterocycles. The van der Waals surface area contributed by atoms with Crippen molar-refractivity contribution in [2.24, 2.45) is 0 Å². The van der Waals surface area contributed by atoms with Gasteiger partial charge in [0.25, 0.3) is 5.56 Å². The van der Waals surface area contributed by atoms with Crippen molar-refractivity contribution in [1.82, 2.24) is 24.7 Å². The Balaban J connectivity index is 1.44. The Morgan fingerprint density at radius 2 is 1.55 bits per heavy atom. The molecular formula is C36H25N5O3. The maximum atomic E-state index is 14.6. The highest BCUT2D eigenvalue weighted by Gasteiger charge is 2.28. The van der Waals surface area contributed by atoms with Crippen molar-refractivity contribution < 1.29 is 9.26 Å². The largest absolute Gasteiger partial charge is 0.438 e. The standard InChI is InChI=1S/C36H25N5O3/c1-20-13-16-24(17-14-20)27-19-26-25-11-7-8-12-28(25)43-35-30(26)32(38-27)31-34(39-35)37-22(3)41(36(31)42)33-21(2)40-44-29(33)18-15-23-9-5-4-6-10-23/h4-19H,1-3H3/b18-15+. The maximum absolute atomic E-state index is 14.6. The zero-order valence-electron chi connectivity index (χ0n) is 24.2. The second-order valence-electron chi connectivity index (χ2n) is 10.9. The van der Waals surface area contributed by atoms with Crippen molar-refractivity contribution in [3.8, 4) is 39.7 Å². The van der Waals surface area contributed by atoms with Crippen LogP contribution in [0.4, 0.5) is 0 Å². The molecule has 0 radical (unpaired) electrons. The average Bonchev–Trinajstić information content (AvgIpc) is 3.40. The van der Waals surface area contributed by atoms with Gasteiger partial charge < -0.3 is 9.26 Å². The van der Waals surface area contributed by atoms with E-state index in [0.29, 0.717) is 50.9 Å². The summed E-state index contributed by atoms with van der Waals surface area (Å²) in [4.78, 5) is 29.3. The lowest BCUT2D eigenvalue weighted by atomic mass is 9.95. The van der Waals surface area contributed by atoms with Crippen molar-refractivity contribution in [3.05, 3.63) is 124 Å². The first kappa shape index (κ1) is 25.8. The van der Waals surface area contributed by atoms with Gasteiger partial charge in [0.1, 0.15) is 28.3 Å². The first-order chi connectivity index (χ1) is 21.5. The van der Waals surface area contributed by atoms with Crippen molar-refractivity contribution in [2.45, 2.75) is 20.8 Å². The van der Waals surface area contributed by atoms with Crippen LogP contribution in [0.25, 0.3) is 62.2 Å². The molecule has 0 saturated heterocycles. The summed E-state index contributed by atoms with van der Waals surface area (Å²) in [5, 5.41) is 5.17. The number of ether oxygens (including phenoxy) is 1.